The molecule has 0 amide bonds. The first kappa shape index (κ1) is 18.7. The highest BCUT2D eigenvalue weighted by molar-refractivity contribution is 7.19. The van der Waals surface area contributed by atoms with Crippen LogP contribution in [0.3, 0.4) is 0 Å². The van der Waals surface area contributed by atoms with E-state index in [1.54, 1.807) is 28.9 Å². The molecule has 3 rings (SSSR count). The van der Waals surface area contributed by atoms with Crippen LogP contribution in [-0.2, 0) is 0 Å². The van der Waals surface area contributed by atoms with Crippen molar-refractivity contribution in [2.45, 2.75) is 39.8 Å². The third-order valence-electron chi connectivity index (χ3n) is 3.49. The normalized spacial score (nSPS) is 13.4. The van der Waals surface area contributed by atoms with E-state index >= 15 is 0 Å². The van der Waals surface area contributed by atoms with Gasteiger partial charge in [0.05, 0.1) is 17.0 Å². The Morgan fingerprint density at radius 2 is 1.54 bits per heavy atom. The Labute approximate surface area is 162 Å². The summed E-state index contributed by atoms with van der Waals surface area (Å²) in [7, 11) is 0. The Balaban J connectivity index is 1.78. The lowest BCUT2D eigenvalue weighted by Crippen LogP contribution is -2.08. The molecule has 2 N–H and O–H groups in total. The number of nitrogens with one attached hydrogen (secondary N) is 2. The monoisotopic (exact) mass is 410 g/mol. The van der Waals surface area contributed by atoms with Crippen LogP contribution in [0, 0.1) is 24.0 Å². The Kier molecular flexibility index (Phi) is 5.49. The zero-order valence-electron chi connectivity index (χ0n) is 14.6. The van der Waals surface area contributed by atoms with Crippen LogP contribution in [0.1, 0.15) is 45.7 Å². The van der Waals surface area contributed by atoms with Crippen molar-refractivity contribution in [1.29, 1.82) is 0 Å². The van der Waals surface area contributed by atoms with Gasteiger partial charge in [-0.3, -0.25) is 10.1 Å². The third-order valence-corrected chi connectivity index (χ3v) is 6.62. The second-order valence-corrected chi connectivity index (χ2v) is 9.29. The SMILES string of the molecule is Cc1cnc(C(C)Nc2nc(NC(C)c3ncc(C)s3)c([N+](=O)[O-])s2)s1. The molecular formula is C15H18N6O2S3. The average molecular weight is 411 g/mol. The topological polar surface area (TPSA) is 106 Å². The van der Waals surface area contributed by atoms with Gasteiger partial charge in [0.1, 0.15) is 10.0 Å². The first-order chi connectivity index (χ1) is 12.3. The van der Waals surface area contributed by atoms with Gasteiger partial charge in [-0.2, -0.15) is 4.98 Å². The molecule has 0 aliphatic carbocycles. The van der Waals surface area contributed by atoms with Crippen molar-refractivity contribution in [2.75, 3.05) is 10.6 Å². The minimum Gasteiger partial charge on any atom is -0.355 e. The summed E-state index contributed by atoms with van der Waals surface area (Å²) in [6.07, 6.45) is 3.60. The summed E-state index contributed by atoms with van der Waals surface area (Å²) in [6, 6.07) is -0.243. The van der Waals surface area contributed by atoms with Gasteiger partial charge in [0, 0.05) is 22.1 Å². The Bertz CT molecular complexity index is 918. The van der Waals surface area contributed by atoms with E-state index in [4.69, 9.17) is 0 Å². The van der Waals surface area contributed by atoms with E-state index in [0.717, 1.165) is 31.1 Å². The van der Waals surface area contributed by atoms with Crippen molar-refractivity contribution in [3.8, 4) is 0 Å². The van der Waals surface area contributed by atoms with E-state index in [1.165, 1.54) is 0 Å². The number of hydrogen-bond donors (Lipinski definition) is 2. The number of nitrogens with zero attached hydrogens (tertiary/aromatic N) is 4. The van der Waals surface area contributed by atoms with E-state index in [2.05, 4.69) is 25.6 Å². The fourth-order valence-electron chi connectivity index (χ4n) is 2.25. The lowest BCUT2D eigenvalue weighted by molar-refractivity contribution is -0.379. The zero-order chi connectivity index (χ0) is 18.8. The third kappa shape index (κ3) is 4.17. The second-order valence-electron chi connectivity index (χ2n) is 5.78. The van der Waals surface area contributed by atoms with Crippen molar-refractivity contribution in [3.63, 3.8) is 0 Å². The van der Waals surface area contributed by atoms with Crippen LogP contribution in [0.25, 0.3) is 0 Å². The van der Waals surface area contributed by atoms with Crippen LogP contribution < -0.4 is 10.6 Å². The summed E-state index contributed by atoms with van der Waals surface area (Å²) >= 11 is 4.16. The van der Waals surface area contributed by atoms with Gasteiger partial charge in [0.15, 0.2) is 5.13 Å². The van der Waals surface area contributed by atoms with E-state index in [-0.39, 0.29) is 22.9 Å². The molecule has 8 nitrogen and oxygen atoms in total. The lowest BCUT2D eigenvalue weighted by Gasteiger charge is -2.10. The fourth-order valence-corrected chi connectivity index (χ4v) is 4.63. The zero-order valence-corrected chi connectivity index (χ0v) is 17.1. The molecule has 0 saturated heterocycles. The lowest BCUT2D eigenvalue weighted by atomic mass is 10.3. The molecule has 0 saturated carbocycles. The summed E-state index contributed by atoms with van der Waals surface area (Å²) in [5, 5.41) is 20.0. The summed E-state index contributed by atoms with van der Waals surface area (Å²) in [5.74, 6) is 0.255. The molecule has 3 aromatic heterocycles. The molecule has 0 aliphatic heterocycles. The van der Waals surface area contributed by atoms with E-state index in [1.807, 2.05) is 33.9 Å². The summed E-state index contributed by atoms with van der Waals surface area (Å²) in [5.41, 5.74) is 0. The molecule has 138 valence electrons. The maximum Gasteiger partial charge on any atom is 0.369 e. The highest BCUT2D eigenvalue weighted by Crippen LogP contribution is 2.38. The highest BCUT2D eigenvalue weighted by atomic mass is 32.1. The van der Waals surface area contributed by atoms with Gasteiger partial charge in [-0.05, 0) is 39.0 Å². The Hall–Kier alpha value is -2.11. The number of thiazole rings is 3. The largest absolute Gasteiger partial charge is 0.369 e. The van der Waals surface area contributed by atoms with Crippen LogP contribution in [0.5, 0.6) is 0 Å². The van der Waals surface area contributed by atoms with E-state index in [9.17, 15) is 10.1 Å². The van der Waals surface area contributed by atoms with Crippen LogP contribution in [0.4, 0.5) is 16.0 Å². The number of anilines is 2. The first-order valence-corrected chi connectivity index (χ1v) is 10.3. The second kappa shape index (κ2) is 7.64. The van der Waals surface area contributed by atoms with Gasteiger partial charge in [-0.25, -0.2) is 9.97 Å². The molecule has 2 atom stereocenters. The molecule has 0 aliphatic rings. The Morgan fingerprint density at radius 1 is 1.00 bits per heavy atom. The smallest absolute Gasteiger partial charge is 0.355 e. The average Bonchev–Trinajstić information content (AvgIpc) is 3.27. The van der Waals surface area contributed by atoms with Crippen molar-refractivity contribution < 1.29 is 4.92 Å². The van der Waals surface area contributed by atoms with Crippen molar-refractivity contribution in [3.05, 3.63) is 42.3 Å². The van der Waals surface area contributed by atoms with Crippen LogP contribution in [-0.4, -0.2) is 19.9 Å². The van der Waals surface area contributed by atoms with Crippen LogP contribution >= 0.6 is 34.0 Å². The quantitative estimate of drug-likeness (QED) is 0.420. The Morgan fingerprint density at radius 3 is 2.00 bits per heavy atom. The molecule has 2 unspecified atom stereocenters. The van der Waals surface area contributed by atoms with Crippen molar-refractivity contribution in [1.82, 2.24) is 15.0 Å². The van der Waals surface area contributed by atoms with Gasteiger partial charge < -0.3 is 10.6 Å². The number of aryl methyl sites for hydroxylation is 2. The molecule has 26 heavy (non-hydrogen) atoms. The minimum absolute atomic E-state index is 0.0184. The predicted molar refractivity (Wildman–Crippen MR) is 107 cm³/mol. The predicted octanol–water partition coefficient (Wildman–Crippen LogP) is 4.93. The molecule has 11 heteroatoms. The molecule has 0 aromatic carbocycles. The summed E-state index contributed by atoms with van der Waals surface area (Å²) in [4.78, 5) is 26.3. The standard InChI is InChI=1S/C15H18N6O2S3/c1-7-5-16-12(24-7)9(3)18-11-14(21(22)23)26-15(20-11)19-10(4)13-17-6-8(2)25-13/h5-6,9-10,18H,1-4H3,(H,19,20). The summed E-state index contributed by atoms with van der Waals surface area (Å²) < 4.78 is 0. The number of nitro groups is 1. The molecular weight excluding hydrogens is 392 g/mol. The van der Waals surface area contributed by atoms with Crippen LogP contribution in [0.15, 0.2) is 12.4 Å². The van der Waals surface area contributed by atoms with Gasteiger partial charge in [-0.15, -0.1) is 22.7 Å². The molecule has 3 heterocycles. The molecule has 0 fully saturated rings. The van der Waals surface area contributed by atoms with Crippen LogP contribution in [0.2, 0.25) is 0 Å². The van der Waals surface area contributed by atoms with Crippen molar-refractivity contribution >= 4 is 50.0 Å². The van der Waals surface area contributed by atoms with Gasteiger partial charge in [0.2, 0.25) is 5.82 Å². The number of aromatic nitrogens is 3. The van der Waals surface area contributed by atoms with Gasteiger partial charge in [0.25, 0.3) is 0 Å². The van der Waals surface area contributed by atoms with E-state index in [0.29, 0.717) is 5.13 Å². The maximum absolute atomic E-state index is 11.4. The first-order valence-electron chi connectivity index (χ1n) is 7.86. The molecule has 3 aromatic rings. The molecule has 0 radical (unpaired) electrons. The minimum atomic E-state index is -0.413. The van der Waals surface area contributed by atoms with E-state index < -0.39 is 4.92 Å². The number of hydrogen-bond acceptors (Lipinski definition) is 10. The highest BCUT2D eigenvalue weighted by Gasteiger charge is 2.25. The summed E-state index contributed by atoms with van der Waals surface area (Å²) in [6.45, 7) is 7.84. The van der Waals surface area contributed by atoms with Crippen molar-refractivity contribution in [2.24, 2.45) is 0 Å². The number of rotatable bonds is 7. The van der Waals surface area contributed by atoms with Gasteiger partial charge in [-0.1, -0.05) is 0 Å². The molecule has 0 bridgehead atoms. The van der Waals surface area contributed by atoms with Gasteiger partial charge >= 0.3 is 5.00 Å². The molecule has 0 spiro atoms. The fraction of sp³-hybridized carbons (Fsp3) is 0.400. The maximum atomic E-state index is 11.4.